The number of imidazole rings is 1. The van der Waals surface area contributed by atoms with Crippen LogP contribution in [0.3, 0.4) is 0 Å². The third-order valence-electron chi connectivity index (χ3n) is 6.24. The number of rotatable bonds is 5. The van der Waals surface area contributed by atoms with Gasteiger partial charge >= 0.3 is 0 Å². The molecular formula is C25H26ClN9O2. The number of hydrogen-bond donors (Lipinski definition) is 1. The van der Waals surface area contributed by atoms with Crippen LogP contribution in [0.25, 0.3) is 28.1 Å². The predicted molar refractivity (Wildman–Crippen MR) is 142 cm³/mol. The largest absolute Gasteiger partial charge is 0.377 e. The maximum Gasteiger partial charge on any atom is 0.275 e. The Balaban J connectivity index is 1.71. The third kappa shape index (κ3) is 4.10. The quantitative estimate of drug-likeness (QED) is 0.354. The molecule has 0 aliphatic heterocycles. The van der Waals surface area contributed by atoms with Gasteiger partial charge in [-0.25, -0.2) is 15.0 Å². The summed E-state index contributed by atoms with van der Waals surface area (Å²) in [4.78, 5) is 40.9. The van der Waals surface area contributed by atoms with E-state index in [1.807, 2.05) is 36.4 Å². The Labute approximate surface area is 217 Å². The number of carbonyl (C=O) groups excluding carboxylic acids is 1. The highest BCUT2D eigenvalue weighted by Crippen LogP contribution is 2.32. The van der Waals surface area contributed by atoms with Crippen LogP contribution in [0.2, 0.25) is 5.15 Å². The summed E-state index contributed by atoms with van der Waals surface area (Å²) in [6, 6.07) is 7.12. The van der Waals surface area contributed by atoms with Crippen molar-refractivity contribution in [3.63, 3.8) is 0 Å². The van der Waals surface area contributed by atoms with E-state index in [-0.39, 0.29) is 23.2 Å². The molecule has 0 radical (unpaired) electrons. The van der Waals surface area contributed by atoms with E-state index >= 15 is 0 Å². The minimum Gasteiger partial charge on any atom is -0.377 e. The van der Waals surface area contributed by atoms with E-state index in [2.05, 4.69) is 25.4 Å². The molecule has 0 spiro atoms. The van der Waals surface area contributed by atoms with Crippen LogP contribution < -0.4 is 10.9 Å². The SMILES string of the molecule is Cc1cc(C(C)Nc2ccc(Cl)nc2-c2ncn(C)n2)c2c(c1)c(=O)n(C)c1c(C(=O)N(C)C)ncn21. The number of fused-ring (bicyclic) bond motifs is 3. The predicted octanol–water partition coefficient (Wildman–Crippen LogP) is 3.21. The van der Waals surface area contributed by atoms with Gasteiger partial charge in [-0.05, 0) is 43.2 Å². The lowest BCUT2D eigenvalue weighted by Gasteiger charge is -2.21. The summed E-state index contributed by atoms with van der Waals surface area (Å²) in [5.41, 5.74) is 4.09. The summed E-state index contributed by atoms with van der Waals surface area (Å²) in [6.45, 7) is 3.94. The van der Waals surface area contributed by atoms with Crippen molar-refractivity contribution in [2.45, 2.75) is 19.9 Å². The number of benzene rings is 1. The van der Waals surface area contributed by atoms with Gasteiger partial charge < -0.3 is 10.2 Å². The van der Waals surface area contributed by atoms with Gasteiger partial charge in [0.1, 0.15) is 23.5 Å². The number of amides is 1. The Morgan fingerprint density at radius 1 is 1.14 bits per heavy atom. The number of aromatic nitrogens is 7. The second-order valence-corrected chi connectivity index (χ2v) is 9.63. The van der Waals surface area contributed by atoms with E-state index in [4.69, 9.17) is 11.6 Å². The number of pyridine rings is 1. The molecule has 5 aromatic rings. The van der Waals surface area contributed by atoms with Crippen molar-refractivity contribution >= 4 is 39.7 Å². The van der Waals surface area contributed by atoms with E-state index in [1.165, 1.54) is 9.47 Å². The molecule has 1 atom stereocenters. The van der Waals surface area contributed by atoms with Crippen molar-refractivity contribution in [1.29, 1.82) is 0 Å². The Morgan fingerprint density at radius 2 is 1.89 bits per heavy atom. The van der Waals surface area contributed by atoms with Gasteiger partial charge in [0.15, 0.2) is 11.3 Å². The van der Waals surface area contributed by atoms with E-state index in [0.29, 0.717) is 38.9 Å². The van der Waals surface area contributed by atoms with Crippen LogP contribution in [0.15, 0.2) is 41.7 Å². The van der Waals surface area contributed by atoms with Gasteiger partial charge in [-0.3, -0.25) is 23.2 Å². The van der Waals surface area contributed by atoms with Crippen LogP contribution in [0, 0.1) is 6.92 Å². The molecule has 0 fully saturated rings. The van der Waals surface area contributed by atoms with Crippen LogP contribution in [0.4, 0.5) is 5.69 Å². The van der Waals surface area contributed by atoms with Gasteiger partial charge in [-0.2, -0.15) is 0 Å². The zero-order chi connectivity index (χ0) is 26.6. The van der Waals surface area contributed by atoms with Gasteiger partial charge in [0, 0.05) is 28.2 Å². The van der Waals surface area contributed by atoms with Gasteiger partial charge in [-0.1, -0.05) is 17.7 Å². The van der Waals surface area contributed by atoms with Crippen LogP contribution in [-0.4, -0.2) is 58.6 Å². The molecule has 190 valence electrons. The van der Waals surface area contributed by atoms with Crippen molar-refractivity contribution in [1.82, 2.24) is 38.6 Å². The summed E-state index contributed by atoms with van der Waals surface area (Å²) < 4.78 is 4.88. The summed E-state index contributed by atoms with van der Waals surface area (Å²) >= 11 is 6.19. The molecule has 0 aliphatic carbocycles. The van der Waals surface area contributed by atoms with Crippen LogP contribution in [0.1, 0.15) is 34.6 Å². The zero-order valence-electron chi connectivity index (χ0n) is 21.3. The van der Waals surface area contributed by atoms with E-state index in [1.54, 1.807) is 51.6 Å². The Kier molecular flexibility index (Phi) is 5.95. The molecule has 1 unspecified atom stereocenters. The lowest BCUT2D eigenvalue weighted by Crippen LogP contribution is -2.26. The minimum absolute atomic E-state index is 0.209. The summed E-state index contributed by atoms with van der Waals surface area (Å²) in [7, 11) is 6.74. The van der Waals surface area contributed by atoms with Gasteiger partial charge in [0.2, 0.25) is 5.82 Å². The number of aryl methyl sites for hydroxylation is 3. The lowest BCUT2D eigenvalue weighted by molar-refractivity contribution is 0.0824. The first-order valence-electron chi connectivity index (χ1n) is 11.6. The van der Waals surface area contributed by atoms with Gasteiger partial charge in [0.05, 0.1) is 22.6 Å². The molecule has 11 nitrogen and oxygen atoms in total. The highest BCUT2D eigenvalue weighted by atomic mass is 35.5. The summed E-state index contributed by atoms with van der Waals surface area (Å²) in [5, 5.41) is 8.73. The number of nitrogens with one attached hydrogen (secondary N) is 1. The Bertz CT molecular complexity index is 1750. The maximum absolute atomic E-state index is 13.5. The van der Waals surface area contributed by atoms with Crippen LogP contribution in [0.5, 0.6) is 0 Å². The fourth-order valence-electron chi connectivity index (χ4n) is 4.52. The molecule has 1 aromatic carbocycles. The van der Waals surface area contributed by atoms with E-state index in [0.717, 1.165) is 11.1 Å². The fraction of sp³-hybridized carbons (Fsp3) is 0.280. The highest BCUT2D eigenvalue weighted by molar-refractivity contribution is 6.29. The molecule has 12 heteroatoms. The molecule has 4 aromatic heterocycles. The molecule has 1 amide bonds. The van der Waals surface area contributed by atoms with E-state index < -0.39 is 0 Å². The molecule has 0 saturated heterocycles. The number of nitrogens with zero attached hydrogens (tertiary/aromatic N) is 8. The highest BCUT2D eigenvalue weighted by Gasteiger charge is 2.24. The minimum atomic E-state index is -0.281. The maximum atomic E-state index is 13.5. The average molecular weight is 520 g/mol. The van der Waals surface area contributed by atoms with Crippen molar-refractivity contribution < 1.29 is 4.79 Å². The number of anilines is 1. The number of hydrogen-bond acceptors (Lipinski definition) is 7. The molecule has 5 rings (SSSR count). The lowest BCUT2D eigenvalue weighted by atomic mass is 10.0. The number of carbonyl (C=O) groups is 1. The number of halogens is 1. The first kappa shape index (κ1) is 24.4. The Hall–Kier alpha value is -4.25. The second kappa shape index (κ2) is 9.00. The molecule has 0 saturated carbocycles. The van der Waals surface area contributed by atoms with Gasteiger partial charge in [0.25, 0.3) is 11.5 Å². The molecule has 0 bridgehead atoms. The van der Waals surface area contributed by atoms with Crippen molar-refractivity contribution in [3.05, 3.63) is 69.2 Å². The standard InChI is InChI=1S/C25H26ClN9O2/c1-13-9-15(14(2)29-17-7-8-18(26)30-19(17)22-28-11-33(5)31-22)21-16(10-13)24(36)34(6)23-20(25(37)32(3)4)27-12-35(21)23/h7-12,14,29H,1-6H3. The van der Waals surface area contributed by atoms with Crippen molar-refractivity contribution in [2.75, 3.05) is 19.4 Å². The van der Waals surface area contributed by atoms with Crippen LogP contribution in [-0.2, 0) is 14.1 Å². The van der Waals surface area contributed by atoms with Crippen molar-refractivity contribution in [3.8, 4) is 11.5 Å². The molecule has 4 heterocycles. The molecule has 0 aliphatic rings. The molecular weight excluding hydrogens is 494 g/mol. The average Bonchev–Trinajstić information content (AvgIpc) is 3.49. The topological polar surface area (TPSA) is 115 Å². The smallest absolute Gasteiger partial charge is 0.275 e. The molecule has 37 heavy (non-hydrogen) atoms. The third-order valence-corrected chi connectivity index (χ3v) is 6.45. The normalized spacial score (nSPS) is 12.3. The second-order valence-electron chi connectivity index (χ2n) is 9.24. The summed E-state index contributed by atoms with van der Waals surface area (Å²) in [6.07, 6.45) is 3.18. The first-order chi connectivity index (χ1) is 17.6. The molecule has 1 N–H and O–H groups in total. The van der Waals surface area contributed by atoms with Crippen molar-refractivity contribution in [2.24, 2.45) is 14.1 Å². The Morgan fingerprint density at radius 3 is 2.57 bits per heavy atom. The zero-order valence-corrected chi connectivity index (χ0v) is 22.1. The van der Waals surface area contributed by atoms with Gasteiger partial charge in [-0.15, -0.1) is 5.10 Å². The fourth-order valence-corrected chi connectivity index (χ4v) is 4.66. The summed E-state index contributed by atoms with van der Waals surface area (Å²) in [5.74, 6) is 0.155. The van der Waals surface area contributed by atoms with E-state index in [9.17, 15) is 9.59 Å². The van der Waals surface area contributed by atoms with Crippen LogP contribution >= 0.6 is 11.6 Å². The first-order valence-corrected chi connectivity index (χ1v) is 12.0. The monoisotopic (exact) mass is 519 g/mol.